The topological polar surface area (TPSA) is 123 Å². The van der Waals surface area contributed by atoms with Crippen LogP contribution in [0.1, 0.15) is 35.5 Å². The van der Waals surface area contributed by atoms with Crippen LogP contribution >= 0.6 is 0 Å². The van der Waals surface area contributed by atoms with Crippen molar-refractivity contribution >= 4 is 28.5 Å². The largest absolute Gasteiger partial charge is 0.504 e. The van der Waals surface area contributed by atoms with Crippen molar-refractivity contribution in [3.63, 3.8) is 0 Å². The standard InChI is InChI=1S/C24H27FN4O5/c1-14(2)34-9-8-26-24(32)21-22(31)20-18(23(29-21)28-19(30)13-33-3)11-16(12-27-20)10-15-4-6-17(25)7-5-15/h4-7,11-12,14,31H,8-10,13H2,1-3H3,(H,26,32)(H,28,29,30). The smallest absolute Gasteiger partial charge is 0.273 e. The lowest BCUT2D eigenvalue weighted by Gasteiger charge is -2.14. The average Bonchev–Trinajstić information content (AvgIpc) is 2.80. The van der Waals surface area contributed by atoms with Gasteiger partial charge >= 0.3 is 0 Å². The highest BCUT2D eigenvalue weighted by Gasteiger charge is 2.21. The maximum absolute atomic E-state index is 13.2. The minimum atomic E-state index is -0.633. The van der Waals surface area contributed by atoms with Crippen LogP contribution in [0.15, 0.2) is 36.5 Å². The molecule has 3 aromatic rings. The molecule has 2 amide bonds. The summed E-state index contributed by atoms with van der Waals surface area (Å²) >= 11 is 0. The number of ether oxygens (including phenoxy) is 2. The number of halogens is 1. The van der Waals surface area contributed by atoms with Gasteiger partial charge in [0.15, 0.2) is 11.4 Å². The number of aromatic hydroxyl groups is 1. The number of hydrogen-bond donors (Lipinski definition) is 3. The number of carbonyl (C=O) groups excluding carboxylic acids is 2. The number of amides is 2. The number of carbonyl (C=O) groups is 2. The van der Waals surface area contributed by atoms with Gasteiger partial charge in [-0.3, -0.25) is 14.6 Å². The van der Waals surface area contributed by atoms with Crippen LogP contribution in [0.3, 0.4) is 0 Å². The van der Waals surface area contributed by atoms with E-state index in [1.165, 1.54) is 19.2 Å². The molecule has 0 atom stereocenters. The van der Waals surface area contributed by atoms with Crippen molar-refractivity contribution in [2.75, 3.05) is 32.2 Å². The molecule has 0 bridgehead atoms. The van der Waals surface area contributed by atoms with Gasteiger partial charge in [0, 0.05) is 25.2 Å². The number of nitrogens with zero attached hydrogens (tertiary/aromatic N) is 2. The molecule has 10 heteroatoms. The van der Waals surface area contributed by atoms with E-state index in [9.17, 15) is 19.1 Å². The third-order valence-electron chi connectivity index (χ3n) is 4.78. The average molecular weight is 471 g/mol. The number of nitrogens with one attached hydrogen (secondary N) is 2. The molecule has 34 heavy (non-hydrogen) atoms. The number of anilines is 1. The first-order valence-corrected chi connectivity index (χ1v) is 10.7. The Morgan fingerprint density at radius 1 is 1.18 bits per heavy atom. The molecule has 0 unspecified atom stereocenters. The fraction of sp³-hybridized carbons (Fsp3) is 0.333. The second kappa shape index (κ2) is 11.5. The zero-order chi connectivity index (χ0) is 24.7. The van der Waals surface area contributed by atoms with Gasteiger partial charge in [0.25, 0.3) is 11.8 Å². The quantitative estimate of drug-likeness (QED) is 0.390. The fourth-order valence-electron chi connectivity index (χ4n) is 3.24. The molecule has 2 heterocycles. The summed E-state index contributed by atoms with van der Waals surface area (Å²) in [7, 11) is 1.38. The Labute approximate surface area is 196 Å². The molecule has 0 radical (unpaired) electrons. The Morgan fingerprint density at radius 3 is 2.59 bits per heavy atom. The van der Waals surface area contributed by atoms with E-state index in [0.717, 1.165) is 11.1 Å². The van der Waals surface area contributed by atoms with Gasteiger partial charge in [-0.1, -0.05) is 12.1 Å². The first kappa shape index (κ1) is 25.0. The number of benzene rings is 1. The van der Waals surface area contributed by atoms with Crippen molar-refractivity contribution in [3.8, 4) is 5.75 Å². The van der Waals surface area contributed by atoms with Gasteiger partial charge in [0.1, 0.15) is 23.8 Å². The predicted octanol–water partition coefficient (Wildman–Crippen LogP) is 2.81. The summed E-state index contributed by atoms with van der Waals surface area (Å²) in [6, 6.07) is 7.76. The molecule has 3 N–H and O–H groups in total. The van der Waals surface area contributed by atoms with E-state index in [4.69, 9.17) is 9.47 Å². The van der Waals surface area contributed by atoms with Crippen molar-refractivity contribution in [2.24, 2.45) is 0 Å². The highest BCUT2D eigenvalue weighted by atomic mass is 19.1. The molecule has 9 nitrogen and oxygen atoms in total. The zero-order valence-corrected chi connectivity index (χ0v) is 19.2. The summed E-state index contributed by atoms with van der Waals surface area (Å²) in [5.74, 6) is -1.80. The summed E-state index contributed by atoms with van der Waals surface area (Å²) in [6.45, 7) is 4.04. The van der Waals surface area contributed by atoms with Crippen LogP contribution in [-0.4, -0.2) is 59.9 Å². The molecule has 180 valence electrons. The van der Waals surface area contributed by atoms with Gasteiger partial charge in [-0.2, -0.15) is 0 Å². The van der Waals surface area contributed by atoms with Crippen LogP contribution < -0.4 is 10.6 Å². The van der Waals surface area contributed by atoms with E-state index in [2.05, 4.69) is 20.6 Å². The lowest BCUT2D eigenvalue weighted by molar-refractivity contribution is -0.119. The fourth-order valence-corrected chi connectivity index (χ4v) is 3.24. The molecule has 0 saturated heterocycles. The number of hydrogen-bond acceptors (Lipinski definition) is 7. The Hall–Kier alpha value is -3.63. The minimum absolute atomic E-state index is 0.0139. The number of fused-ring (bicyclic) bond motifs is 1. The number of pyridine rings is 2. The van der Waals surface area contributed by atoms with Crippen molar-refractivity contribution in [3.05, 3.63) is 59.2 Å². The molecule has 0 saturated carbocycles. The van der Waals surface area contributed by atoms with Gasteiger partial charge in [-0.25, -0.2) is 9.37 Å². The normalized spacial score (nSPS) is 11.1. The predicted molar refractivity (Wildman–Crippen MR) is 124 cm³/mol. The monoisotopic (exact) mass is 470 g/mol. The van der Waals surface area contributed by atoms with Crippen molar-refractivity contribution in [1.29, 1.82) is 0 Å². The van der Waals surface area contributed by atoms with Gasteiger partial charge < -0.3 is 25.2 Å². The van der Waals surface area contributed by atoms with Gasteiger partial charge in [-0.15, -0.1) is 0 Å². The zero-order valence-electron chi connectivity index (χ0n) is 19.2. The van der Waals surface area contributed by atoms with Crippen LogP contribution in [0.4, 0.5) is 10.2 Å². The molecular formula is C24H27FN4O5. The highest BCUT2D eigenvalue weighted by Crippen LogP contribution is 2.32. The van der Waals surface area contributed by atoms with Crippen LogP contribution in [-0.2, 0) is 20.7 Å². The van der Waals surface area contributed by atoms with Gasteiger partial charge in [0.05, 0.1) is 12.7 Å². The molecule has 0 spiro atoms. The lowest BCUT2D eigenvalue weighted by Crippen LogP contribution is -2.29. The Kier molecular flexibility index (Phi) is 8.44. The first-order valence-electron chi connectivity index (χ1n) is 10.7. The van der Waals surface area contributed by atoms with E-state index in [1.807, 2.05) is 13.8 Å². The van der Waals surface area contributed by atoms with Crippen LogP contribution in [0, 0.1) is 5.82 Å². The number of methoxy groups -OCH3 is 1. The van der Waals surface area contributed by atoms with E-state index in [-0.39, 0.29) is 42.1 Å². The molecule has 1 aromatic carbocycles. The molecule has 0 aliphatic rings. The Balaban J connectivity index is 1.95. The summed E-state index contributed by atoms with van der Waals surface area (Å²) in [5.41, 5.74) is 1.42. The summed E-state index contributed by atoms with van der Waals surface area (Å²) in [6.07, 6.45) is 2.00. The maximum atomic E-state index is 13.2. The van der Waals surface area contributed by atoms with Crippen molar-refractivity contribution in [1.82, 2.24) is 15.3 Å². The summed E-state index contributed by atoms with van der Waals surface area (Å²) in [5, 5.41) is 16.3. The van der Waals surface area contributed by atoms with Crippen LogP contribution in [0.5, 0.6) is 5.75 Å². The van der Waals surface area contributed by atoms with E-state index >= 15 is 0 Å². The lowest BCUT2D eigenvalue weighted by atomic mass is 10.0. The van der Waals surface area contributed by atoms with E-state index < -0.39 is 17.6 Å². The Morgan fingerprint density at radius 2 is 1.91 bits per heavy atom. The second-order valence-corrected chi connectivity index (χ2v) is 7.86. The third kappa shape index (κ3) is 6.46. The molecule has 0 aliphatic heterocycles. The molecule has 3 rings (SSSR count). The maximum Gasteiger partial charge on any atom is 0.273 e. The second-order valence-electron chi connectivity index (χ2n) is 7.86. The number of aromatic nitrogens is 2. The van der Waals surface area contributed by atoms with E-state index in [0.29, 0.717) is 18.4 Å². The molecule has 0 aliphatic carbocycles. The molecule has 2 aromatic heterocycles. The first-order chi connectivity index (χ1) is 16.3. The molecular weight excluding hydrogens is 443 g/mol. The molecule has 0 fully saturated rings. The summed E-state index contributed by atoms with van der Waals surface area (Å²) in [4.78, 5) is 33.4. The third-order valence-corrected chi connectivity index (χ3v) is 4.78. The van der Waals surface area contributed by atoms with Crippen molar-refractivity contribution in [2.45, 2.75) is 26.4 Å². The van der Waals surface area contributed by atoms with Gasteiger partial charge in [-0.05, 0) is 49.6 Å². The highest BCUT2D eigenvalue weighted by molar-refractivity contribution is 6.07. The summed E-state index contributed by atoms with van der Waals surface area (Å²) < 4.78 is 23.5. The van der Waals surface area contributed by atoms with Crippen LogP contribution in [0.2, 0.25) is 0 Å². The SMILES string of the molecule is COCC(=O)Nc1nc(C(=O)NCCOC(C)C)c(O)c2ncc(Cc3ccc(F)cc3)cc12. The Bertz CT molecular complexity index is 1170. The van der Waals surface area contributed by atoms with Crippen LogP contribution in [0.25, 0.3) is 10.9 Å². The van der Waals surface area contributed by atoms with E-state index in [1.54, 1.807) is 24.4 Å². The number of rotatable bonds is 10. The van der Waals surface area contributed by atoms with Gasteiger partial charge in [0.2, 0.25) is 0 Å². The van der Waals surface area contributed by atoms with Crippen molar-refractivity contribution < 1.29 is 28.6 Å². The minimum Gasteiger partial charge on any atom is -0.504 e.